The van der Waals surface area contributed by atoms with Gasteiger partial charge in [-0.3, -0.25) is 4.57 Å². The van der Waals surface area contributed by atoms with Gasteiger partial charge in [-0.15, -0.1) is 0 Å². The van der Waals surface area contributed by atoms with E-state index in [1.54, 1.807) is 0 Å². The fourth-order valence-corrected chi connectivity index (χ4v) is 2.12. The summed E-state index contributed by atoms with van der Waals surface area (Å²) in [4.78, 5) is 3.10. The summed E-state index contributed by atoms with van der Waals surface area (Å²) in [5, 5.41) is 0. The van der Waals surface area contributed by atoms with E-state index in [0.717, 1.165) is 20.6 Å². The molecule has 0 unspecified atom stereocenters. The molecule has 0 atom stereocenters. The van der Waals surface area contributed by atoms with Crippen LogP contribution in [-0.2, 0) is 0 Å². The first-order valence-electron chi connectivity index (χ1n) is 4.63. The van der Waals surface area contributed by atoms with Crippen LogP contribution in [0.25, 0.3) is 5.69 Å². The van der Waals surface area contributed by atoms with E-state index >= 15 is 0 Å². The van der Waals surface area contributed by atoms with Crippen molar-refractivity contribution in [3.05, 3.63) is 44.9 Å². The van der Waals surface area contributed by atoms with Crippen LogP contribution < -0.4 is 0 Å². The number of nitrogens with zero attached hydrogens (tertiary/aromatic N) is 1. The average Bonchev–Trinajstić information content (AvgIpc) is 2.50. The van der Waals surface area contributed by atoms with Gasteiger partial charge in [0.25, 0.3) is 0 Å². The van der Waals surface area contributed by atoms with Crippen LogP contribution >= 0.6 is 28.1 Å². The van der Waals surface area contributed by atoms with Crippen molar-refractivity contribution in [2.24, 2.45) is 0 Å². The van der Waals surface area contributed by atoms with Crippen molar-refractivity contribution in [2.75, 3.05) is 0 Å². The average molecular weight is 283 g/mol. The lowest BCUT2D eigenvalue weighted by Crippen LogP contribution is -1.92. The highest BCUT2D eigenvalue weighted by atomic mass is 79.9. The van der Waals surface area contributed by atoms with Crippen molar-refractivity contribution < 1.29 is 0 Å². The number of hydrogen-bond donors (Lipinski definition) is 1. The molecule has 0 aliphatic rings. The van der Waals surface area contributed by atoms with E-state index in [-0.39, 0.29) is 0 Å². The molecule has 0 saturated heterocycles. The van der Waals surface area contributed by atoms with E-state index in [9.17, 15) is 0 Å². The zero-order valence-corrected chi connectivity index (χ0v) is 10.9. The normalized spacial score (nSPS) is 10.6. The number of imidazole rings is 1. The number of nitrogens with one attached hydrogen (secondary N) is 1. The molecule has 1 heterocycles. The Bertz CT molecular complexity index is 554. The molecule has 15 heavy (non-hydrogen) atoms. The number of aromatic amines is 1. The third-order valence-electron chi connectivity index (χ3n) is 2.28. The summed E-state index contributed by atoms with van der Waals surface area (Å²) in [5.74, 6) is 0. The highest BCUT2D eigenvalue weighted by Gasteiger charge is 2.02. The number of aromatic nitrogens is 2. The van der Waals surface area contributed by atoms with Gasteiger partial charge in [-0.2, -0.15) is 0 Å². The summed E-state index contributed by atoms with van der Waals surface area (Å²) in [7, 11) is 0. The minimum absolute atomic E-state index is 0.725. The maximum absolute atomic E-state index is 5.22. The summed E-state index contributed by atoms with van der Waals surface area (Å²) in [5.41, 5.74) is 3.36. The van der Waals surface area contributed by atoms with Gasteiger partial charge in [-0.25, -0.2) is 0 Å². The molecular formula is C11H11BrN2S. The maximum Gasteiger partial charge on any atom is 0.181 e. The lowest BCUT2D eigenvalue weighted by Gasteiger charge is -2.04. The van der Waals surface area contributed by atoms with Crippen molar-refractivity contribution in [3.63, 3.8) is 0 Å². The van der Waals surface area contributed by atoms with Crippen LogP contribution in [0.5, 0.6) is 0 Å². The Morgan fingerprint density at radius 1 is 1.33 bits per heavy atom. The van der Waals surface area contributed by atoms with Crippen molar-refractivity contribution in [2.45, 2.75) is 13.8 Å². The molecule has 4 heteroatoms. The highest BCUT2D eigenvalue weighted by Crippen LogP contribution is 2.20. The molecule has 1 aromatic heterocycles. The van der Waals surface area contributed by atoms with Crippen LogP contribution in [-0.4, -0.2) is 9.55 Å². The Morgan fingerprint density at radius 2 is 2.07 bits per heavy atom. The maximum atomic E-state index is 5.22. The molecule has 78 valence electrons. The van der Waals surface area contributed by atoms with Gasteiger partial charge in [0.15, 0.2) is 4.77 Å². The van der Waals surface area contributed by atoms with Gasteiger partial charge < -0.3 is 4.98 Å². The van der Waals surface area contributed by atoms with Crippen molar-refractivity contribution in [1.82, 2.24) is 9.55 Å². The largest absolute Gasteiger partial charge is 0.335 e. The fraction of sp³-hybridized carbons (Fsp3) is 0.182. The molecule has 2 nitrogen and oxygen atoms in total. The zero-order valence-electron chi connectivity index (χ0n) is 8.54. The molecule has 0 saturated carbocycles. The first kappa shape index (κ1) is 10.6. The van der Waals surface area contributed by atoms with Gasteiger partial charge in [0, 0.05) is 22.1 Å². The Labute approximate surface area is 102 Å². The highest BCUT2D eigenvalue weighted by molar-refractivity contribution is 9.10. The summed E-state index contributed by atoms with van der Waals surface area (Å²) >= 11 is 8.74. The number of hydrogen-bond acceptors (Lipinski definition) is 1. The SMILES string of the molecule is Cc1cn(-c2ccc(C)c(Br)c2)c(=S)[nH]1. The van der Waals surface area contributed by atoms with E-state index < -0.39 is 0 Å². The lowest BCUT2D eigenvalue weighted by atomic mass is 10.2. The Balaban J connectivity index is 2.59. The Hall–Kier alpha value is -0.870. The van der Waals surface area contributed by atoms with Crippen LogP contribution in [0.3, 0.4) is 0 Å². The van der Waals surface area contributed by atoms with Crippen molar-refractivity contribution >= 4 is 28.1 Å². The topological polar surface area (TPSA) is 20.7 Å². The molecule has 0 spiro atoms. The van der Waals surface area contributed by atoms with Crippen LogP contribution in [0, 0.1) is 18.6 Å². The van der Waals surface area contributed by atoms with E-state index in [4.69, 9.17) is 12.2 Å². The van der Waals surface area contributed by atoms with Crippen molar-refractivity contribution in [3.8, 4) is 5.69 Å². The molecule has 0 radical (unpaired) electrons. The van der Waals surface area contributed by atoms with Gasteiger partial charge in [0.1, 0.15) is 0 Å². The number of aryl methyl sites for hydroxylation is 2. The van der Waals surface area contributed by atoms with Crippen molar-refractivity contribution in [1.29, 1.82) is 0 Å². The molecule has 0 fully saturated rings. The quantitative estimate of drug-likeness (QED) is 0.787. The summed E-state index contributed by atoms with van der Waals surface area (Å²) < 4.78 is 3.79. The molecule has 2 aromatic rings. The molecule has 1 N–H and O–H groups in total. The van der Waals surface area contributed by atoms with Crippen LogP contribution in [0.15, 0.2) is 28.9 Å². The summed E-state index contributed by atoms with van der Waals surface area (Å²) in [6.45, 7) is 4.06. The fourth-order valence-electron chi connectivity index (χ4n) is 1.44. The zero-order chi connectivity index (χ0) is 11.0. The predicted molar refractivity (Wildman–Crippen MR) is 68.1 cm³/mol. The third-order valence-corrected chi connectivity index (χ3v) is 3.43. The van der Waals surface area contributed by atoms with Gasteiger partial charge in [0.05, 0.1) is 0 Å². The van der Waals surface area contributed by atoms with E-state index in [2.05, 4.69) is 46.0 Å². The second kappa shape index (κ2) is 3.94. The van der Waals surface area contributed by atoms with Crippen LogP contribution in [0.4, 0.5) is 0 Å². The summed E-state index contributed by atoms with van der Waals surface area (Å²) in [6, 6.07) is 6.20. The minimum atomic E-state index is 0.725. The predicted octanol–water partition coefficient (Wildman–Crippen LogP) is 3.91. The Kier molecular flexibility index (Phi) is 2.80. The van der Waals surface area contributed by atoms with Gasteiger partial charge >= 0.3 is 0 Å². The number of rotatable bonds is 1. The van der Waals surface area contributed by atoms with Gasteiger partial charge in [0.2, 0.25) is 0 Å². The first-order valence-corrected chi connectivity index (χ1v) is 5.83. The second-order valence-electron chi connectivity index (χ2n) is 3.55. The molecular weight excluding hydrogens is 272 g/mol. The Morgan fingerprint density at radius 3 is 2.60 bits per heavy atom. The third kappa shape index (κ3) is 2.06. The van der Waals surface area contributed by atoms with Crippen LogP contribution in [0.1, 0.15) is 11.3 Å². The van der Waals surface area contributed by atoms with Gasteiger partial charge in [-0.1, -0.05) is 22.0 Å². The van der Waals surface area contributed by atoms with E-state index in [1.807, 2.05) is 17.7 Å². The second-order valence-corrected chi connectivity index (χ2v) is 4.79. The lowest BCUT2D eigenvalue weighted by molar-refractivity contribution is 1.03. The summed E-state index contributed by atoms with van der Waals surface area (Å²) in [6.07, 6.45) is 2.00. The molecule has 0 aliphatic carbocycles. The monoisotopic (exact) mass is 282 g/mol. The smallest absolute Gasteiger partial charge is 0.181 e. The molecule has 0 aliphatic heterocycles. The molecule has 2 rings (SSSR count). The number of benzene rings is 1. The van der Waals surface area contributed by atoms with E-state index in [0.29, 0.717) is 0 Å². The molecule has 1 aromatic carbocycles. The first-order chi connectivity index (χ1) is 7.08. The van der Waals surface area contributed by atoms with E-state index in [1.165, 1.54) is 5.56 Å². The number of H-pyrrole nitrogens is 1. The standard InChI is InChI=1S/C11H11BrN2S/c1-7-3-4-9(5-10(7)12)14-6-8(2)13-11(14)15/h3-6H,1-2H3,(H,13,15). The molecule has 0 amide bonds. The number of halogens is 1. The van der Waals surface area contributed by atoms with Gasteiger partial charge in [-0.05, 0) is 43.8 Å². The minimum Gasteiger partial charge on any atom is -0.335 e. The molecule has 0 bridgehead atoms. The van der Waals surface area contributed by atoms with Crippen LogP contribution in [0.2, 0.25) is 0 Å².